The molecule has 0 aliphatic rings. The van der Waals surface area contributed by atoms with Crippen molar-refractivity contribution in [1.29, 1.82) is 5.26 Å². The molecule has 6 heteroatoms. The number of para-hydroxylation sites is 1. The Morgan fingerprint density at radius 3 is 2.82 bits per heavy atom. The van der Waals surface area contributed by atoms with Gasteiger partial charge in [0.25, 0.3) is 5.56 Å². The van der Waals surface area contributed by atoms with Crippen molar-refractivity contribution in [3.05, 3.63) is 51.0 Å². The number of nitrogens with zero attached hydrogens (tertiary/aromatic N) is 2. The van der Waals surface area contributed by atoms with Crippen LogP contribution in [0, 0.1) is 17.2 Å². The van der Waals surface area contributed by atoms with Gasteiger partial charge in [-0.05, 0) is 18.1 Å². The fourth-order valence-electron chi connectivity index (χ4n) is 1.98. The molecule has 1 aromatic carbocycles. The Morgan fingerprint density at radius 1 is 1.45 bits per heavy atom. The molecule has 1 atom stereocenters. The molecule has 0 aliphatic heterocycles. The van der Waals surface area contributed by atoms with E-state index in [1.165, 1.54) is 0 Å². The number of rotatable bonds is 5. The molecule has 0 saturated heterocycles. The van der Waals surface area contributed by atoms with Crippen molar-refractivity contribution in [1.82, 2.24) is 9.97 Å². The Balaban J connectivity index is 2.43. The van der Waals surface area contributed by atoms with Crippen LogP contribution in [-0.4, -0.2) is 9.97 Å². The Labute approximate surface area is 134 Å². The van der Waals surface area contributed by atoms with Gasteiger partial charge < -0.3 is 10.3 Å². The van der Waals surface area contributed by atoms with Crippen molar-refractivity contribution < 1.29 is 0 Å². The van der Waals surface area contributed by atoms with E-state index in [0.717, 1.165) is 6.42 Å². The number of benzene rings is 1. The quantitative estimate of drug-likeness (QED) is 0.882. The van der Waals surface area contributed by atoms with Crippen LogP contribution >= 0.6 is 11.6 Å². The molecular weight excluding hydrogens is 300 g/mol. The lowest BCUT2D eigenvalue weighted by atomic mass is 10.1. The third-order valence-corrected chi connectivity index (χ3v) is 3.78. The van der Waals surface area contributed by atoms with E-state index >= 15 is 0 Å². The average Bonchev–Trinajstić information content (AvgIpc) is 2.49. The summed E-state index contributed by atoms with van der Waals surface area (Å²) in [6, 6.07) is 8.99. The molecule has 0 amide bonds. The number of hydrogen-bond acceptors (Lipinski definition) is 4. The van der Waals surface area contributed by atoms with Crippen LogP contribution in [0.3, 0.4) is 0 Å². The molecule has 2 rings (SSSR count). The summed E-state index contributed by atoms with van der Waals surface area (Å²) in [4.78, 5) is 19.1. The highest BCUT2D eigenvalue weighted by molar-refractivity contribution is 6.33. The van der Waals surface area contributed by atoms with Crippen LogP contribution in [0.2, 0.25) is 5.02 Å². The maximum atomic E-state index is 12.0. The van der Waals surface area contributed by atoms with E-state index in [1.54, 1.807) is 18.2 Å². The predicted octanol–water partition coefficient (Wildman–Crippen LogP) is 3.63. The molecule has 0 saturated carbocycles. The third kappa shape index (κ3) is 3.66. The lowest BCUT2D eigenvalue weighted by Crippen LogP contribution is -2.19. The Hall–Kier alpha value is -2.32. The molecule has 1 heterocycles. The minimum Gasteiger partial charge on any atom is -0.338 e. The zero-order valence-electron chi connectivity index (χ0n) is 12.5. The molecule has 0 fully saturated rings. The third-order valence-electron chi connectivity index (χ3n) is 3.45. The second kappa shape index (κ2) is 7.10. The number of aromatic nitrogens is 2. The van der Waals surface area contributed by atoms with Crippen molar-refractivity contribution in [2.75, 3.05) is 5.32 Å². The summed E-state index contributed by atoms with van der Waals surface area (Å²) in [6.45, 7) is 4.16. The topological polar surface area (TPSA) is 81.6 Å². The average molecular weight is 317 g/mol. The molecule has 0 aliphatic carbocycles. The van der Waals surface area contributed by atoms with E-state index in [2.05, 4.69) is 29.1 Å². The van der Waals surface area contributed by atoms with Crippen LogP contribution in [0.25, 0.3) is 0 Å². The summed E-state index contributed by atoms with van der Waals surface area (Å²) in [5.41, 5.74) is 0.117. The molecule has 2 aromatic rings. The largest absolute Gasteiger partial charge is 0.338 e. The van der Waals surface area contributed by atoms with Crippen LogP contribution in [0.15, 0.2) is 29.1 Å². The van der Waals surface area contributed by atoms with Gasteiger partial charge in [-0.3, -0.25) is 4.79 Å². The summed E-state index contributed by atoms with van der Waals surface area (Å²) < 4.78 is 0. The zero-order chi connectivity index (χ0) is 16.1. The highest BCUT2D eigenvalue weighted by Crippen LogP contribution is 2.24. The minimum atomic E-state index is -0.439. The fraction of sp³-hybridized carbons (Fsp3) is 0.312. The molecule has 2 N–H and O–H groups in total. The van der Waals surface area contributed by atoms with Gasteiger partial charge in [-0.1, -0.05) is 44.0 Å². The first-order chi connectivity index (χ1) is 10.5. The SMILES string of the molecule is CCC(C)Cc1nc(Nc2ccccc2Cl)c(C#N)c(=O)[nH]1. The van der Waals surface area contributed by atoms with Crippen LogP contribution in [0.4, 0.5) is 11.5 Å². The second-order valence-corrected chi connectivity index (χ2v) is 5.58. The Morgan fingerprint density at radius 2 is 2.18 bits per heavy atom. The van der Waals surface area contributed by atoms with Crippen LogP contribution in [0.5, 0.6) is 0 Å². The first kappa shape index (κ1) is 16.1. The lowest BCUT2D eigenvalue weighted by molar-refractivity contribution is 0.542. The van der Waals surface area contributed by atoms with E-state index in [-0.39, 0.29) is 11.4 Å². The molecule has 1 unspecified atom stereocenters. The van der Waals surface area contributed by atoms with Gasteiger partial charge in [-0.15, -0.1) is 0 Å². The minimum absolute atomic E-state index is 0.0483. The van der Waals surface area contributed by atoms with E-state index < -0.39 is 5.56 Å². The molecular formula is C16H17ClN4O. The van der Waals surface area contributed by atoms with Gasteiger partial charge in [-0.2, -0.15) is 5.26 Å². The van der Waals surface area contributed by atoms with Crippen LogP contribution in [-0.2, 0) is 6.42 Å². The van der Waals surface area contributed by atoms with Crippen molar-refractivity contribution in [3.8, 4) is 6.07 Å². The van der Waals surface area contributed by atoms with Crippen LogP contribution < -0.4 is 10.9 Å². The summed E-state index contributed by atoms with van der Waals surface area (Å²) in [6.07, 6.45) is 1.63. The zero-order valence-corrected chi connectivity index (χ0v) is 13.2. The van der Waals surface area contributed by atoms with Crippen LogP contribution in [0.1, 0.15) is 31.7 Å². The first-order valence-corrected chi connectivity index (χ1v) is 7.47. The van der Waals surface area contributed by atoms with Crippen molar-refractivity contribution in [2.45, 2.75) is 26.7 Å². The Kier molecular flexibility index (Phi) is 5.18. The van der Waals surface area contributed by atoms with Crippen molar-refractivity contribution >= 4 is 23.1 Å². The fourth-order valence-corrected chi connectivity index (χ4v) is 2.16. The highest BCUT2D eigenvalue weighted by atomic mass is 35.5. The molecule has 22 heavy (non-hydrogen) atoms. The van der Waals surface area contributed by atoms with E-state index in [4.69, 9.17) is 11.6 Å². The van der Waals surface area contributed by atoms with E-state index in [9.17, 15) is 10.1 Å². The molecule has 0 spiro atoms. The number of H-pyrrole nitrogens is 1. The van der Waals surface area contributed by atoms with E-state index in [0.29, 0.717) is 28.9 Å². The number of anilines is 2. The smallest absolute Gasteiger partial charge is 0.271 e. The predicted molar refractivity (Wildman–Crippen MR) is 87.5 cm³/mol. The van der Waals surface area contributed by atoms with Gasteiger partial charge in [0.05, 0.1) is 10.7 Å². The lowest BCUT2D eigenvalue weighted by Gasteiger charge is -2.12. The summed E-state index contributed by atoms with van der Waals surface area (Å²) in [5, 5.41) is 12.7. The number of halogens is 1. The van der Waals surface area contributed by atoms with Gasteiger partial charge in [0.2, 0.25) is 0 Å². The summed E-state index contributed by atoms with van der Waals surface area (Å²) in [5.74, 6) is 1.19. The number of aromatic amines is 1. The standard InChI is InChI=1S/C16H17ClN4O/c1-3-10(2)8-14-20-15(11(9-18)16(22)21-14)19-13-7-5-4-6-12(13)17/h4-7,10H,3,8H2,1-2H3,(H2,19,20,21,22). The Bertz CT molecular complexity index is 763. The highest BCUT2D eigenvalue weighted by Gasteiger charge is 2.14. The van der Waals surface area contributed by atoms with Gasteiger partial charge in [0.15, 0.2) is 11.4 Å². The summed E-state index contributed by atoms with van der Waals surface area (Å²) in [7, 11) is 0. The first-order valence-electron chi connectivity index (χ1n) is 7.10. The summed E-state index contributed by atoms with van der Waals surface area (Å²) >= 11 is 6.10. The van der Waals surface area contributed by atoms with Crippen molar-refractivity contribution in [3.63, 3.8) is 0 Å². The molecule has 1 aromatic heterocycles. The van der Waals surface area contributed by atoms with Gasteiger partial charge in [0, 0.05) is 6.42 Å². The monoisotopic (exact) mass is 316 g/mol. The van der Waals surface area contributed by atoms with Gasteiger partial charge in [0.1, 0.15) is 11.9 Å². The second-order valence-electron chi connectivity index (χ2n) is 5.17. The van der Waals surface area contributed by atoms with E-state index in [1.807, 2.05) is 12.1 Å². The normalized spacial score (nSPS) is 11.7. The number of nitriles is 1. The maximum Gasteiger partial charge on any atom is 0.271 e. The van der Waals surface area contributed by atoms with Gasteiger partial charge in [-0.25, -0.2) is 4.98 Å². The van der Waals surface area contributed by atoms with Gasteiger partial charge >= 0.3 is 0 Å². The number of nitrogens with one attached hydrogen (secondary N) is 2. The molecule has 0 bridgehead atoms. The number of hydrogen-bond donors (Lipinski definition) is 2. The molecule has 114 valence electrons. The molecule has 5 nitrogen and oxygen atoms in total. The molecule has 0 radical (unpaired) electrons. The maximum absolute atomic E-state index is 12.0. The van der Waals surface area contributed by atoms with Crippen molar-refractivity contribution in [2.24, 2.45) is 5.92 Å².